The van der Waals surface area contributed by atoms with Gasteiger partial charge in [-0.1, -0.05) is 146 Å². The van der Waals surface area contributed by atoms with Crippen LogP contribution in [0.5, 0.6) is 0 Å². The van der Waals surface area contributed by atoms with Gasteiger partial charge in [-0.15, -0.1) is 11.3 Å². The third kappa shape index (κ3) is 5.61. The van der Waals surface area contributed by atoms with Gasteiger partial charge in [0.25, 0.3) is 0 Å². The van der Waals surface area contributed by atoms with Gasteiger partial charge in [-0.25, -0.2) is 9.97 Å². The fourth-order valence-electron chi connectivity index (χ4n) is 6.65. The lowest BCUT2D eigenvalue weighted by molar-refractivity contribution is 1.18. The first-order valence-corrected chi connectivity index (χ1v) is 17.3. The molecule has 0 saturated carbocycles. The molecule has 0 aliphatic carbocycles. The number of fused-ring (bicyclic) bond motifs is 3. The summed E-state index contributed by atoms with van der Waals surface area (Å²) in [6.07, 6.45) is 0. The van der Waals surface area contributed by atoms with Crippen LogP contribution in [-0.4, -0.2) is 9.97 Å². The molecule has 0 amide bonds. The highest BCUT2D eigenvalue weighted by atomic mass is 32.1. The van der Waals surface area contributed by atoms with Gasteiger partial charge in [0, 0.05) is 36.9 Å². The minimum atomic E-state index is 0.701. The van der Waals surface area contributed by atoms with E-state index in [-0.39, 0.29) is 0 Å². The Balaban J connectivity index is 1.21. The summed E-state index contributed by atoms with van der Waals surface area (Å²) in [4.78, 5) is 10.3. The molecule has 0 radical (unpaired) electrons. The van der Waals surface area contributed by atoms with Crippen LogP contribution in [0.15, 0.2) is 182 Å². The lowest BCUT2D eigenvalue weighted by Gasteiger charge is -2.15. The SMILES string of the molecule is c1ccc(-c2cc(-c3ccccc3)nc(-c3ccc(-c4ccccc4)c(-c4cccc(-c5ccc6sc7ccccc7c6c5)c4)c3)n2)cc1. The van der Waals surface area contributed by atoms with Crippen molar-refractivity contribution in [2.45, 2.75) is 0 Å². The standard InChI is InChI=1S/C46H30N2S/c1-4-13-31(14-5-1)38-25-23-37(46-47-42(32-15-6-2-7-16-32)30-43(48-46)33-17-8-3-9-18-33)29-40(38)36-20-12-19-34(27-36)35-24-26-45-41(28-35)39-21-10-11-22-44(39)49-45/h1-30H. The number of aromatic nitrogens is 2. The van der Waals surface area contributed by atoms with Crippen LogP contribution in [0.3, 0.4) is 0 Å². The van der Waals surface area contributed by atoms with E-state index in [4.69, 9.17) is 9.97 Å². The normalized spacial score (nSPS) is 11.3. The van der Waals surface area contributed by atoms with E-state index in [0.717, 1.165) is 39.2 Å². The molecule has 0 unspecified atom stereocenters. The Bertz CT molecular complexity index is 2530. The Kier molecular flexibility index (Phi) is 7.38. The number of thiophene rings is 1. The van der Waals surface area contributed by atoms with E-state index in [1.807, 2.05) is 23.5 Å². The highest BCUT2D eigenvalue weighted by molar-refractivity contribution is 7.25. The molecule has 3 heteroatoms. The molecule has 49 heavy (non-hydrogen) atoms. The molecule has 0 spiro atoms. The quantitative estimate of drug-likeness (QED) is 0.180. The van der Waals surface area contributed by atoms with E-state index in [1.165, 1.54) is 42.4 Å². The van der Waals surface area contributed by atoms with E-state index in [1.54, 1.807) is 0 Å². The third-order valence-electron chi connectivity index (χ3n) is 9.11. The average molecular weight is 643 g/mol. The zero-order valence-electron chi connectivity index (χ0n) is 26.6. The molecule has 0 N–H and O–H groups in total. The van der Waals surface area contributed by atoms with Gasteiger partial charge in [0.2, 0.25) is 0 Å². The Hall–Kier alpha value is -6.16. The van der Waals surface area contributed by atoms with Crippen molar-refractivity contribution in [2.75, 3.05) is 0 Å². The van der Waals surface area contributed by atoms with Crippen molar-refractivity contribution in [3.63, 3.8) is 0 Å². The molecule has 2 nitrogen and oxygen atoms in total. The van der Waals surface area contributed by atoms with Gasteiger partial charge in [-0.3, -0.25) is 0 Å². The van der Waals surface area contributed by atoms with Crippen LogP contribution in [0, 0.1) is 0 Å². The van der Waals surface area contributed by atoms with Gasteiger partial charge in [-0.2, -0.15) is 0 Å². The van der Waals surface area contributed by atoms with Crippen LogP contribution in [0.2, 0.25) is 0 Å². The summed E-state index contributed by atoms with van der Waals surface area (Å²) in [5.41, 5.74) is 11.9. The van der Waals surface area contributed by atoms with Crippen molar-refractivity contribution in [2.24, 2.45) is 0 Å². The second-order valence-electron chi connectivity index (χ2n) is 12.2. The summed E-state index contributed by atoms with van der Waals surface area (Å²) in [5.74, 6) is 0.701. The minimum absolute atomic E-state index is 0.701. The molecule has 0 aliphatic heterocycles. The molecule has 0 bridgehead atoms. The second-order valence-corrected chi connectivity index (χ2v) is 13.3. The smallest absolute Gasteiger partial charge is 0.160 e. The molecule has 0 aliphatic rings. The van der Waals surface area contributed by atoms with Gasteiger partial charge < -0.3 is 0 Å². The lowest BCUT2D eigenvalue weighted by atomic mass is 9.91. The summed E-state index contributed by atoms with van der Waals surface area (Å²) in [7, 11) is 0. The predicted octanol–water partition coefficient (Wildman–Crippen LogP) is 12.8. The fraction of sp³-hybridized carbons (Fsp3) is 0. The molecule has 9 rings (SSSR count). The number of hydrogen-bond donors (Lipinski definition) is 0. The highest BCUT2D eigenvalue weighted by Crippen LogP contribution is 2.40. The molecule has 0 atom stereocenters. The zero-order valence-corrected chi connectivity index (χ0v) is 27.4. The van der Waals surface area contributed by atoms with Crippen LogP contribution in [0.4, 0.5) is 0 Å². The first-order valence-electron chi connectivity index (χ1n) is 16.5. The van der Waals surface area contributed by atoms with Gasteiger partial charge in [0.1, 0.15) is 0 Å². The van der Waals surface area contributed by atoms with Gasteiger partial charge >= 0.3 is 0 Å². The van der Waals surface area contributed by atoms with Crippen molar-refractivity contribution >= 4 is 31.5 Å². The Morgan fingerprint density at radius 1 is 0.306 bits per heavy atom. The monoisotopic (exact) mass is 642 g/mol. The van der Waals surface area contributed by atoms with Crippen molar-refractivity contribution in [1.29, 1.82) is 0 Å². The lowest BCUT2D eigenvalue weighted by Crippen LogP contribution is -1.97. The maximum absolute atomic E-state index is 5.14. The van der Waals surface area contributed by atoms with E-state index >= 15 is 0 Å². The largest absolute Gasteiger partial charge is 0.228 e. The van der Waals surface area contributed by atoms with E-state index in [2.05, 4.69) is 170 Å². The summed E-state index contributed by atoms with van der Waals surface area (Å²) in [6.45, 7) is 0. The molecule has 230 valence electrons. The van der Waals surface area contributed by atoms with Crippen molar-refractivity contribution < 1.29 is 0 Å². The average Bonchev–Trinajstić information content (AvgIpc) is 3.57. The number of hydrogen-bond acceptors (Lipinski definition) is 3. The summed E-state index contributed by atoms with van der Waals surface area (Å²) < 4.78 is 2.63. The van der Waals surface area contributed by atoms with Gasteiger partial charge in [0.05, 0.1) is 11.4 Å². The van der Waals surface area contributed by atoms with Crippen molar-refractivity contribution in [3.8, 4) is 67.3 Å². The summed E-state index contributed by atoms with van der Waals surface area (Å²) in [5, 5.41) is 2.62. The first-order chi connectivity index (χ1) is 24.3. The van der Waals surface area contributed by atoms with Crippen molar-refractivity contribution in [1.82, 2.24) is 9.97 Å². The van der Waals surface area contributed by atoms with Gasteiger partial charge in [-0.05, 0) is 69.8 Å². The predicted molar refractivity (Wildman–Crippen MR) is 208 cm³/mol. The highest BCUT2D eigenvalue weighted by Gasteiger charge is 2.15. The fourth-order valence-corrected chi connectivity index (χ4v) is 7.74. The van der Waals surface area contributed by atoms with Crippen LogP contribution in [0.25, 0.3) is 87.5 Å². The molecular formula is C46H30N2S. The van der Waals surface area contributed by atoms with Crippen LogP contribution >= 0.6 is 11.3 Å². The topological polar surface area (TPSA) is 25.8 Å². The van der Waals surface area contributed by atoms with E-state index < -0.39 is 0 Å². The van der Waals surface area contributed by atoms with E-state index in [0.29, 0.717) is 5.82 Å². The molecule has 0 saturated heterocycles. The summed E-state index contributed by atoms with van der Waals surface area (Å²) >= 11 is 1.85. The Morgan fingerprint density at radius 2 is 0.857 bits per heavy atom. The molecule has 2 heterocycles. The third-order valence-corrected chi connectivity index (χ3v) is 10.3. The van der Waals surface area contributed by atoms with Crippen LogP contribution < -0.4 is 0 Å². The number of nitrogens with zero attached hydrogens (tertiary/aromatic N) is 2. The zero-order chi connectivity index (χ0) is 32.6. The van der Waals surface area contributed by atoms with E-state index in [9.17, 15) is 0 Å². The molecular weight excluding hydrogens is 613 g/mol. The first kappa shape index (κ1) is 29.0. The van der Waals surface area contributed by atoms with Gasteiger partial charge in [0.15, 0.2) is 5.82 Å². The van der Waals surface area contributed by atoms with Crippen molar-refractivity contribution in [3.05, 3.63) is 182 Å². The number of rotatable bonds is 6. The minimum Gasteiger partial charge on any atom is -0.228 e. The molecule has 9 aromatic rings. The maximum Gasteiger partial charge on any atom is 0.160 e. The Morgan fingerprint density at radius 3 is 1.57 bits per heavy atom. The second kappa shape index (κ2) is 12.5. The molecule has 0 fully saturated rings. The molecule has 2 aromatic heterocycles. The molecule has 7 aromatic carbocycles. The summed E-state index contributed by atoms with van der Waals surface area (Å²) in [6, 6.07) is 64.5. The Labute approximate surface area is 289 Å². The number of benzene rings is 7. The maximum atomic E-state index is 5.14. The van der Waals surface area contributed by atoms with Crippen LogP contribution in [0.1, 0.15) is 0 Å². The van der Waals surface area contributed by atoms with Crippen LogP contribution in [-0.2, 0) is 0 Å².